The Labute approximate surface area is 172 Å². The Kier molecular flexibility index (Phi) is 5.19. The van der Waals surface area contributed by atoms with Crippen LogP contribution in [0.25, 0.3) is 11.9 Å². The molecule has 1 amide bonds. The molecule has 2 aromatic heterocycles. The molecule has 0 aliphatic carbocycles. The Bertz CT molecular complexity index is 1060. The highest BCUT2D eigenvalue weighted by atomic mass is 35.5. The number of hydrogen-bond donors (Lipinski definition) is 0. The standard InChI is InChI=1S/C19H18Cl2N6O/c1-13-10-17(27-19(24-13)22-12-23-27)25-6-8-26(9-7-25)18(28)5-3-14-2-4-15(20)16(21)11-14/h2-5,10-12H,6-9H2,1H3/b5-3+. The van der Waals surface area contributed by atoms with Crippen LogP contribution in [0.2, 0.25) is 10.0 Å². The zero-order chi connectivity index (χ0) is 19.7. The van der Waals surface area contributed by atoms with Gasteiger partial charge in [-0.2, -0.15) is 14.6 Å². The average Bonchev–Trinajstić information content (AvgIpc) is 3.16. The average molecular weight is 417 g/mol. The van der Waals surface area contributed by atoms with Crippen molar-refractivity contribution in [3.05, 3.63) is 58.0 Å². The van der Waals surface area contributed by atoms with Gasteiger partial charge in [0.15, 0.2) is 0 Å². The van der Waals surface area contributed by atoms with Crippen LogP contribution < -0.4 is 4.90 Å². The lowest BCUT2D eigenvalue weighted by atomic mass is 10.2. The predicted molar refractivity (Wildman–Crippen MR) is 110 cm³/mol. The number of piperazine rings is 1. The molecule has 9 heteroatoms. The van der Waals surface area contributed by atoms with Crippen molar-refractivity contribution < 1.29 is 4.79 Å². The highest BCUT2D eigenvalue weighted by Crippen LogP contribution is 2.23. The molecule has 3 aromatic rings. The van der Waals surface area contributed by atoms with Crippen molar-refractivity contribution in [2.75, 3.05) is 31.1 Å². The number of carbonyl (C=O) groups excluding carboxylic acids is 1. The maximum Gasteiger partial charge on any atom is 0.254 e. The second-order valence-corrected chi connectivity index (χ2v) is 7.36. The summed E-state index contributed by atoms with van der Waals surface area (Å²) in [6.07, 6.45) is 4.82. The normalized spacial score (nSPS) is 15.0. The van der Waals surface area contributed by atoms with Crippen LogP contribution in [-0.4, -0.2) is 56.6 Å². The molecule has 28 heavy (non-hydrogen) atoms. The van der Waals surface area contributed by atoms with Crippen LogP contribution >= 0.6 is 23.2 Å². The maximum absolute atomic E-state index is 12.5. The molecule has 0 atom stereocenters. The summed E-state index contributed by atoms with van der Waals surface area (Å²) in [6.45, 7) is 4.62. The number of aryl methyl sites for hydroxylation is 1. The van der Waals surface area contributed by atoms with Crippen molar-refractivity contribution in [1.82, 2.24) is 24.5 Å². The third kappa shape index (κ3) is 3.81. The minimum atomic E-state index is -0.0254. The number of benzene rings is 1. The first-order chi connectivity index (χ1) is 13.5. The largest absolute Gasteiger partial charge is 0.353 e. The summed E-state index contributed by atoms with van der Waals surface area (Å²) in [5.74, 6) is 1.50. The van der Waals surface area contributed by atoms with Gasteiger partial charge in [-0.25, -0.2) is 4.98 Å². The zero-order valence-corrected chi connectivity index (χ0v) is 16.7. The Balaban J connectivity index is 1.42. The summed E-state index contributed by atoms with van der Waals surface area (Å²) in [6, 6.07) is 7.27. The number of aromatic nitrogens is 4. The molecule has 0 bridgehead atoms. The number of hydrogen-bond acceptors (Lipinski definition) is 5. The van der Waals surface area contributed by atoms with Gasteiger partial charge >= 0.3 is 0 Å². The first kappa shape index (κ1) is 18.7. The number of halogens is 2. The molecule has 3 heterocycles. The van der Waals surface area contributed by atoms with E-state index in [1.54, 1.807) is 28.8 Å². The topological polar surface area (TPSA) is 66.6 Å². The van der Waals surface area contributed by atoms with E-state index in [1.807, 2.05) is 24.0 Å². The lowest BCUT2D eigenvalue weighted by molar-refractivity contribution is -0.126. The fraction of sp³-hybridized carbons (Fsp3) is 0.263. The third-order valence-corrected chi connectivity index (χ3v) is 5.38. The molecule has 1 saturated heterocycles. The first-order valence-electron chi connectivity index (χ1n) is 8.85. The molecule has 0 unspecified atom stereocenters. The number of nitrogens with zero attached hydrogens (tertiary/aromatic N) is 6. The number of amides is 1. The van der Waals surface area contributed by atoms with Gasteiger partial charge in [0.1, 0.15) is 12.1 Å². The quantitative estimate of drug-likeness (QED) is 0.613. The van der Waals surface area contributed by atoms with E-state index in [2.05, 4.69) is 20.0 Å². The molecule has 0 saturated carbocycles. The highest BCUT2D eigenvalue weighted by Gasteiger charge is 2.22. The van der Waals surface area contributed by atoms with E-state index < -0.39 is 0 Å². The SMILES string of the molecule is Cc1cc(N2CCN(C(=O)/C=C/c3ccc(Cl)c(Cl)c3)CC2)n2ncnc2n1. The van der Waals surface area contributed by atoms with Crippen LogP contribution in [0, 0.1) is 6.92 Å². The smallest absolute Gasteiger partial charge is 0.254 e. The zero-order valence-electron chi connectivity index (χ0n) is 15.2. The van der Waals surface area contributed by atoms with Gasteiger partial charge in [-0.15, -0.1) is 0 Å². The summed E-state index contributed by atoms with van der Waals surface area (Å²) in [7, 11) is 0. The third-order valence-electron chi connectivity index (χ3n) is 4.64. The minimum absolute atomic E-state index is 0.0254. The summed E-state index contributed by atoms with van der Waals surface area (Å²) in [5.41, 5.74) is 1.72. The van der Waals surface area contributed by atoms with E-state index in [0.29, 0.717) is 42.0 Å². The van der Waals surface area contributed by atoms with Gasteiger partial charge in [0.2, 0.25) is 5.91 Å². The van der Waals surface area contributed by atoms with E-state index >= 15 is 0 Å². The molecular formula is C19H18Cl2N6O. The minimum Gasteiger partial charge on any atom is -0.353 e. The van der Waals surface area contributed by atoms with Crippen LogP contribution in [0.4, 0.5) is 5.82 Å². The Morgan fingerprint density at radius 1 is 1.11 bits per heavy atom. The van der Waals surface area contributed by atoms with Crippen LogP contribution in [0.1, 0.15) is 11.3 Å². The van der Waals surface area contributed by atoms with E-state index in [1.165, 1.54) is 6.33 Å². The molecule has 1 aliphatic rings. The predicted octanol–water partition coefficient (Wildman–Crippen LogP) is 3.10. The Hall–Kier alpha value is -2.64. The molecular weight excluding hydrogens is 399 g/mol. The van der Waals surface area contributed by atoms with Crippen LogP contribution in [-0.2, 0) is 4.79 Å². The van der Waals surface area contributed by atoms with Crippen molar-refractivity contribution in [1.29, 1.82) is 0 Å². The Morgan fingerprint density at radius 2 is 1.89 bits per heavy atom. The van der Waals surface area contributed by atoms with Gasteiger partial charge in [0.25, 0.3) is 5.78 Å². The lowest BCUT2D eigenvalue weighted by Crippen LogP contribution is -2.48. The van der Waals surface area contributed by atoms with Crippen LogP contribution in [0.15, 0.2) is 36.7 Å². The molecule has 0 radical (unpaired) electrons. The molecule has 1 aromatic carbocycles. The molecule has 1 fully saturated rings. The number of anilines is 1. The highest BCUT2D eigenvalue weighted by molar-refractivity contribution is 6.42. The number of rotatable bonds is 3. The summed E-state index contributed by atoms with van der Waals surface area (Å²) in [5, 5.41) is 5.22. The fourth-order valence-corrected chi connectivity index (χ4v) is 3.49. The molecule has 144 valence electrons. The van der Waals surface area contributed by atoms with Gasteiger partial charge in [0.05, 0.1) is 10.0 Å². The monoisotopic (exact) mass is 416 g/mol. The van der Waals surface area contributed by atoms with Gasteiger partial charge in [-0.05, 0) is 30.7 Å². The molecule has 7 nitrogen and oxygen atoms in total. The first-order valence-corrected chi connectivity index (χ1v) is 9.61. The van der Waals surface area contributed by atoms with Crippen molar-refractivity contribution in [3.63, 3.8) is 0 Å². The summed E-state index contributed by atoms with van der Waals surface area (Å²) < 4.78 is 1.73. The van der Waals surface area contributed by atoms with Gasteiger partial charge in [0, 0.05) is 44.0 Å². The van der Waals surface area contributed by atoms with Crippen LogP contribution in [0.5, 0.6) is 0 Å². The molecule has 0 N–H and O–H groups in total. The molecule has 0 spiro atoms. The van der Waals surface area contributed by atoms with Crippen molar-refractivity contribution >= 4 is 46.8 Å². The second kappa shape index (κ2) is 7.77. The number of fused-ring (bicyclic) bond motifs is 1. The summed E-state index contributed by atoms with van der Waals surface area (Å²) >= 11 is 11.9. The van der Waals surface area contributed by atoms with E-state index in [0.717, 1.165) is 17.1 Å². The van der Waals surface area contributed by atoms with Gasteiger partial charge in [-0.1, -0.05) is 29.3 Å². The number of carbonyl (C=O) groups is 1. The van der Waals surface area contributed by atoms with E-state index in [4.69, 9.17) is 23.2 Å². The van der Waals surface area contributed by atoms with Crippen molar-refractivity contribution in [2.24, 2.45) is 0 Å². The fourth-order valence-electron chi connectivity index (χ4n) is 3.18. The van der Waals surface area contributed by atoms with E-state index in [-0.39, 0.29) is 5.91 Å². The van der Waals surface area contributed by atoms with E-state index in [9.17, 15) is 4.79 Å². The molecule has 1 aliphatic heterocycles. The maximum atomic E-state index is 12.5. The second-order valence-electron chi connectivity index (χ2n) is 6.55. The lowest BCUT2D eigenvalue weighted by Gasteiger charge is -2.35. The van der Waals surface area contributed by atoms with Gasteiger partial charge in [-0.3, -0.25) is 4.79 Å². The van der Waals surface area contributed by atoms with Crippen molar-refractivity contribution in [2.45, 2.75) is 6.92 Å². The van der Waals surface area contributed by atoms with Crippen LogP contribution in [0.3, 0.4) is 0 Å². The van der Waals surface area contributed by atoms with Crippen molar-refractivity contribution in [3.8, 4) is 0 Å². The van der Waals surface area contributed by atoms with Gasteiger partial charge < -0.3 is 9.80 Å². The Morgan fingerprint density at radius 3 is 2.64 bits per heavy atom. The summed E-state index contributed by atoms with van der Waals surface area (Å²) in [4.78, 5) is 25.1. The molecule has 4 rings (SSSR count).